The molecule has 0 aliphatic rings. The zero-order chi connectivity index (χ0) is 16.5. The zero-order valence-electron chi connectivity index (χ0n) is 12.9. The Balaban J connectivity index is 1.91. The SMILES string of the molecule is CC(=O)NC(NNc1ccccc1)C(=O)NCc1ccccc1. The van der Waals surface area contributed by atoms with Crippen LogP contribution in [0.15, 0.2) is 60.7 Å². The lowest BCUT2D eigenvalue weighted by atomic mass is 10.2. The van der Waals surface area contributed by atoms with E-state index in [9.17, 15) is 9.59 Å². The summed E-state index contributed by atoms with van der Waals surface area (Å²) in [7, 11) is 0. The van der Waals surface area contributed by atoms with Gasteiger partial charge in [-0.05, 0) is 17.7 Å². The van der Waals surface area contributed by atoms with Gasteiger partial charge in [0.2, 0.25) is 5.91 Å². The maximum absolute atomic E-state index is 12.2. The summed E-state index contributed by atoms with van der Waals surface area (Å²) in [5, 5.41) is 5.35. The van der Waals surface area contributed by atoms with E-state index >= 15 is 0 Å². The van der Waals surface area contributed by atoms with Crippen LogP contribution in [0.1, 0.15) is 12.5 Å². The molecule has 0 radical (unpaired) electrons. The van der Waals surface area contributed by atoms with E-state index in [1.807, 2.05) is 60.7 Å². The lowest BCUT2D eigenvalue weighted by Gasteiger charge is -2.20. The van der Waals surface area contributed by atoms with E-state index in [1.54, 1.807) is 0 Å². The van der Waals surface area contributed by atoms with Crippen LogP contribution < -0.4 is 21.5 Å². The van der Waals surface area contributed by atoms with Gasteiger partial charge in [0, 0.05) is 19.2 Å². The molecule has 0 saturated carbocycles. The van der Waals surface area contributed by atoms with Crippen LogP contribution in [-0.4, -0.2) is 18.0 Å². The predicted octanol–water partition coefficient (Wildman–Crippen LogP) is 1.38. The molecule has 2 aromatic rings. The molecule has 23 heavy (non-hydrogen) atoms. The Kier molecular flexibility index (Phi) is 6.14. The van der Waals surface area contributed by atoms with Gasteiger partial charge in [0.05, 0.1) is 0 Å². The minimum absolute atomic E-state index is 0.299. The van der Waals surface area contributed by atoms with Gasteiger partial charge in [-0.3, -0.25) is 9.59 Å². The van der Waals surface area contributed by atoms with E-state index in [4.69, 9.17) is 0 Å². The fraction of sp³-hybridized carbons (Fsp3) is 0.176. The van der Waals surface area contributed by atoms with E-state index < -0.39 is 6.17 Å². The van der Waals surface area contributed by atoms with Crippen molar-refractivity contribution in [2.45, 2.75) is 19.6 Å². The molecule has 2 aromatic carbocycles. The van der Waals surface area contributed by atoms with Crippen molar-refractivity contribution in [2.75, 3.05) is 5.43 Å². The van der Waals surface area contributed by atoms with Crippen LogP contribution in [0, 0.1) is 0 Å². The summed E-state index contributed by atoms with van der Waals surface area (Å²) in [6.45, 7) is 1.75. The third-order valence-corrected chi connectivity index (χ3v) is 3.05. The molecular weight excluding hydrogens is 292 g/mol. The Morgan fingerprint density at radius 1 is 0.957 bits per heavy atom. The molecule has 0 aromatic heterocycles. The van der Waals surface area contributed by atoms with Gasteiger partial charge in [-0.15, -0.1) is 0 Å². The maximum atomic E-state index is 12.2. The van der Waals surface area contributed by atoms with E-state index in [2.05, 4.69) is 21.5 Å². The fourth-order valence-corrected chi connectivity index (χ4v) is 1.93. The number of para-hydroxylation sites is 1. The normalized spacial score (nSPS) is 11.3. The van der Waals surface area contributed by atoms with Gasteiger partial charge in [0.25, 0.3) is 5.91 Å². The van der Waals surface area contributed by atoms with Crippen LogP contribution in [0.2, 0.25) is 0 Å². The highest BCUT2D eigenvalue weighted by molar-refractivity contribution is 5.86. The monoisotopic (exact) mass is 312 g/mol. The van der Waals surface area contributed by atoms with Crippen molar-refractivity contribution in [3.63, 3.8) is 0 Å². The highest BCUT2D eigenvalue weighted by Crippen LogP contribution is 2.03. The molecule has 0 spiro atoms. The molecule has 0 fully saturated rings. The van der Waals surface area contributed by atoms with E-state index in [0.717, 1.165) is 11.3 Å². The molecule has 120 valence electrons. The minimum Gasteiger partial charge on any atom is -0.349 e. The molecule has 6 nitrogen and oxygen atoms in total. The van der Waals surface area contributed by atoms with Crippen molar-refractivity contribution in [1.82, 2.24) is 16.1 Å². The summed E-state index contributed by atoms with van der Waals surface area (Å²) in [5.74, 6) is -0.625. The van der Waals surface area contributed by atoms with Gasteiger partial charge < -0.3 is 16.1 Å². The second-order valence-corrected chi connectivity index (χ2v) is 4.97. The number of amides is 2. The smallest absolute Gasteiger partial charge is 0.259 e. The zero-order valence-corrected chi connectivity index (χ0v) is 12.9. The number of nitrogens with one attached hydrogen (secondary N) is 4. The summed E-state index contributed by atoms with van der Waals surface area (Å²) < 4.78 is 0. The molecule has 0 heterocycles. The number of rotatable bonds is 7. The van der Waals surface area contributed by atoms with Crippen molar-refractivity contribution in [2.24, 2.45) is 0 Å². The first-order valence-corrected chi connectivity index (χ1v) is 7.30. The van der Waals surface area contributed by atoms with E-state index in [1.165, 1.54) is 6.92 Å². The average Bonchev–Trinajstić information content (AvgIpc) is 2.58. The van der Waals surface area contributed by atoms with Gasteiger partial charge in [-0.2, -0.15) is 0 Å². The molecule has 0 aliphatic heterocycles. The van der Waals surface area contributed by atoms with Crippen LogP contribution >= 0.6 is 0 Å². The maximum Gasteiger partial charge on any atom is 0.259 e. The largest absolute Gasteiger partial charge is 0.349 e. The lowest BCUT2D eigenvalue weighted by Crippen LogP contribution is -2.56. The molecular formula is C17H20N4O2. The Hall–Kier alpha value is -2.86. The third kappa shape index (κ3) is 5.80. The Morgan fingerprint density at radius 2 is 1.57 bits per heavy atom. The molecule has 6 heteroatoms. The van der Waals surface area contributed by atoms with Gasteiger partial charge in [0.15, 0.2) is 6.17 Å². The number of benzene rings is 2. The van der Waals surface area contributed by atoms with Gasteiger partial charge >= 0.3 is 0 Å². The number of anilines is 1. The van der Waals surface area contributed by atoms with Crippen molar-refractivity contribution in [3.05, 3.63) is 66.2 Å². The molecule has 0 aliphatic carbocycles. The first kappa shape index (κ1) is 16.5. The molecule has 1 unspecified atom stereocenters. The van der Waals surface area contributed by atoms with Crippen LogP contribution in [0.5, 0.6) is 0 Å². The topological polar surface area (TPSA) is 82.3 Å². The highest BCUT2D eigenvalue weighted by Gasteiger charge is 2.18. The van der Waals surface area contributed by atoms with E-state index in [-0.39, 0.29) is 11.8 Å². The standard InChI is InChI=1S/C17H20N4O2/c1-13(22)19-16(21-20-15-10-6-3-7-11-15)17(23)18-12-14-8-4-2-5-9-14/h2-11,16,20-21H,12H2,1H3,(H,18,23)(H,19,22). The number of hydrazine groups is 1. The summed E-state index contributed by atoms with van der Waals surface area (Å²) in [4.78, 5) is 23.5. The molecule has 1 atom stereocenters. The number of hydrogen-bond donors (Lipinski definition) is 4. The van der Waals surface area contributed by atoms with E-state index in [0.29, 0.717) is 6.54 Å². The van der Waals surface area contributed by atoms with Crippen LogP contribution in [0.4, 0.5) is 5.69 Å². The van der Waals surface area contributed by atoms with Crippen molar-refractivity contribution < 1.29 is 9.59 Å². The molecule has 0 saturated heterocycles. The summed E-state index contributed by atoms with van der Waals surface area (Å²) in [6, 6.07) is 18.9. The van der Waals surface area contributed by atoms with Crippen molar-refractivity contribution >= 4 is 17.5 Å². The fourth-order valence-electron chi connectivity index (χ4n) is 1.93. The first-order valence-electron chi connectivity index (χ1n) is 7.30. The molecule has 2 amide bonds. The Morgan fingerprint density at radius 3 is 2.17 bits per heavy atom. The Bertz CT molecular complexity index is 632. The lowest BCUT2D eigenvalue weighted by molar-refractivity contribution is -0.128. The molecule has 0 bridgehead atoms. The predicted molar refractivity (Wildman–Crippen MR) is 89.1 cm³/mol. The molecule has 2 rings (SSSR count). The summed E-state index contributed by atoms with van der Waals surface area (Å²) in [6.07, 6.45) is -0.878. The second-order valence-electron chi connectivity index (χ2n) is 4.97. The van der Waals surface area contributed by atoms with Crippen LogP contribution in [0.25, 0.3) is 0 Å². The van der Waals surface area contributed by atoms with Gasteiger partial charge in [-0.25, -0.2) is 5.43 Å². The average molecular weight is 312 g/mol. The number of carbonyl (C=O) groups is 2. The van der Waals surface area contributed by atoms with Gasteiger partial charge in [0.1, 0.15) is 0 Å². The van der Waals surface area contributed by atoms with Crippen molar-refractivity contribution in [1.29, 1.82) is 0 Å². The number of carbonyl (C=O) groups excluding carboxylic acids is 2. The van der Waals surface area contributed by atoms with Gasteiger partial charge in [-0.1, -0.05) is 48.5 Å². The van der Waals surface area contributed by atoms with Crippen molar-refractivity contribution in [3.8, 4) is 0 Å². The first-order chi connectivity index (χ1) is 11.1. The minimum atomic E-state index is -0.878. The Labute approximate surface area is 135 Å². The van der Waals surface area contributed by atoms with Crippen LogP contribution in [0.3, 0.4) is 0 Å². The number of hydrogen-bond acceptors (Lipinski definition) is 4. The summed E-state index contributed by atoms with van der Waals surface area (Å²) in [5.41, 5.74) is 7.49. The molecule has 4 N–H and O–H groups in total. The quantitative estimate of drug-likeness (QED) is 0.460. The third-order valence-electron chi connectivity index (χ3n) is 3.05. The highest BCUT2D eigenvalue weighted by atomic mass is 16.2. The second kappa shape index (κ2) is 8.55. The van der Waals surface area contributed by atoms with Crippen LogP contribution in [-0.2, 0) is 16.1 Å². The summed E-state index contributed by atoms with van der Waals surface area (Å²) >= 11 is 0.